The van der Waals surface area contributed by atoms with Gasteiger partial charge in [-0.1, -0.05) is 35.0 Å². The molecule has 0 radical (unpaired) electrons. The summed E-state index contributed by atoms with van der Waals surface area (Å²) in [5.74, 6) is -3.02. The van der Waals surface area contributed by atoms with E-state index in [2.05, 4.69) is 15.9 Å². The lowest BCUT2D eigenvalue weighted by Crippen LogP contribution is -2.15. The van der Waals surface area contributed by atoms with Gasteiger partial charge in [0.2, 0.25) is 11.2 Å². The summed E-state index contributed by atoms with van der Waals surface area (Å²) in [4.78, 5) is 25.0. The molecule has 4 rings (SSSR count). The molecule has 37 heavy (non-hydrogen) atoms. The van der Waals surface area contributed by atoms with E-state index in [9.17, 15) is 22.8 Å². The Kier molecular flexibility index (Phi) is 7.87. The van der Waals surface area contributed by atoms with Crippen molar-refractivity contribution in [3.8, 4) is 17.2 Å². The SMILES string of the molecule is CCCOC(=O)c1ccc(Oc2c(C(F)(F)F)oc3cc(OCc4ccc(Br)cc4)ccc3c2=O)cc1. The third-order valence-electron chi connectivity index (χ3n) is 5.15. The Bertz CT molecular complexity index is 1460. The molecule has 0 aliphatic rings. The zero-order valence-electron chi connectivity index (χ0n) is 19.4. The summed E-state index contributed by atoms with van der Waals surface area (Å²) < 4.78 is 63.5. The number of esters is 1. The summed E-state index contributed by atoms with van der Waals surface area (Å²) in [6.07, 6.45) is -4.37. The van der Waals surface area contributed by atoms with Crippen molar-refractivity contribution in [1.82, 2.24) is 0 Å². The molecule has 0 bridgehead atoms. The van der Waals surface area contributed by atoms with Crippen LogP contribution in [0.2, 0.25) is 0 Å². The highest BCUT2D eigenvalue weighted by molar-refractivity contribution is 9.10. The summed E-state index contributed by atoms with van der Waals surface area (Å²) in [5.41, 5.74) is -0.265. The molecule has 0 fully saturated rings. The van der Waals surface area contributed by atoms with Gasteiger partial charge in [-0.2, -0.15) is 13.2 Å². The molecular formula is C27H20BrF3O6. The Labute approximate surface area is 217 Å². The smallest absolute Gasteiger partial charge is 0.453 e. The molecule has 0 spiro atoms. The standard InChI is InChI=1S/C27H20BrF3O6/c1-2-13-34-26(33)17-5-9-19(10-6-17)36-24-23(32)21-12-11-20(14-22(21)37-25(24)27(29,30)31)35-15-16-3-7-18(28)8-4-16/h3-12,14H,2,13,15H2,1H3. The van der Waals surface area contributed by atoms with E-state index < -0.39 is 29.1 Å². The second-order valence-corrected chi connectivity index (χ2v) is 8.84. The van der Waals surface area contributed by atoms with E-state index in [1.807, 2.05) is 31.2 Å². The number of halogens is 4. The summed E-state index contributed by atoms with van der Waals surface area (Å²) in [6, 6.07) is 16.5. The lowest BCUT2D eigenvalue weighted by atomic mass is 10.2. The average molecular weight is 577 g/mol. The van der Waals surface area contributed by atoms with Gasteiger partial charge in [0.25, 0.3) is 5.76 Å². The van der Waals surface area contributed by atoms with E-state index >= 15 is 0 Å². The number of alkyl halides is 3. The van der Waals surface area contributed by atoms with Gasteiger partial charge in [-0.05, 0) is 60.5 Å². The van der Waals surface area contributed by atoms with Crippen molar-refractivity contribution < 1.29 is 36.6 Å². The van der Waals surface area contributed by atoms with Crippen molar-refractivity contribution >= 4 is 32.9 Å². The molecule has 0 N–H and O–H groups in total. The molecule has 0 unspecified atom stereocenters. The Morgan fingerprint density at radius 2 is 1.65 bits per heavy atom. The first-order valence-corrected chi connectivity index (χ1v) is 12.0. The first kappa shape index (κ1) is 26.3. The van der Waals surface area contributed by atoms with Gasteiger partial charge in [0.05, 0.1) is 17.6 Å². The molecule has 0 saturated carbocycles. The predicted octanol–water partition coefficient (Wildman–Crippen LogP) is 7.51. The first-order chi connectivity index (χ1) is 17.7. The fourth-order valence-corrected chi connectivity index (χ4v) is 3.59. The predicted molar refractivity (Wildman–Crippen MR) is 133 cm³/mol. The number of rotatable bonds is 8. The van der Waals surface area contributed by atoms with Crippen LogP contribution < -0.4 is 14.9 Å². The number of hydrogen-bond acceptors (Lipinski definition) is 6. The topological polar surface area (TPSA) is 75.0 Å². The summed E-state index contributed by atoms with van der Waals surface area (Å²) in [5, 5.41) is -0.112. The minimum Gasteiger partial charge on any atom is -0.489 e. The summed E-state index contributed by atoms with van der Waals surface area (Å²) in [6.45, 7) is 2.24. The van der Waals surface area contributed by atoms with Crippen LogP contribution in [0, 0.1) is 0 Å². The maximum Gasteiger partial charge on any atom is 0.453 e. The molecule has 1 aromatic heterocycles. The van der Waals surface area contributed by atoms with Crippen molar-refractivity contribution in [3.63, 3.8) is 0 Å². The molecule has 0 aliphatic carbocycles. The zero-order valence-corrected chi connectivity index (χ0v) is 21.0. The highest BCUT2D eigenvalue weighted by Gasteiger charge is 2.40. The van der Waals surface area contributed by atoms with Gasteiger partial charge < -0.3 is 18.6 Å². The van der Waals surface area contributed by atoms with Gasteiger partial charge in [0.15, 0.2) is 0 Å². The lowest BCUT2D eigenvalue weighted by molar-refractivity contribution is -0.154. The second-order valence-electron chi connectivity index (χ2n) is 7.92. The number of ether oxygens (including phenoxy) is 3. The molecule has 10 heteroatoms. The molecule has 1 heterocycles. The van der Waals surface area contributed by atoms with Crippen LogP contribution in [0.1, 0.15) is 35.0 Å². The maximum absolute atomic E-state index is 13.8. The number of benzene rings is 3. The van der Waals surface area contributed by atoms with Crippen molar-refractivity contribution in [2.75, 3.05) is 6.61 Å². The van der Waals surface area contributed by atoms with Crippen LogP contribution in [0.4, 0.5) is 13.2 Å². The van der Waals surface area contributed by atoms with Gasteiger partial charge in [-0.25, -0.2) is 4.79 Å². The molecule has 4 aromatic rings. The maximum atomic E-state index is 13.8. The quantitative estimate of drug-likeness (QED) is 0.202. The van der Waals surface area contributed by atoms with E-state index in [0.717, 1.165) is 10.0 Å². The molecular weight excluding hydrogens is 557 g/mol. The third-order valence-corrected chi connectivity index (χ3v) is 5.67. The van der Waals surface area contributed by atoms with Crippen LogP contribution in [0.25, 0.3) is 11.0 Å². The second kappa shape index (κ2) is 11.1. The molecule has 0 saturated heterocycles. The molecule has 192 valence electrons. The van der Waals surface area contributed by atoms with Crippen LogP contribution >= 0.6 is 15.9 Å². The third kappa shape index (κ3) is 6.32. The minimum absolute atomic E-state index is 0.0846. The van der Waals surface area contributed by atoms with Gasteiger partial charge >= 0.3 is 12.1 Å². The van der Waals surface area contributed by atoms with E-state index in [1.165, 1.54) is 42.5 Å². The number of fused-ring (bicyclic) bond motifs is 1. The normalized spacial score (nSPS) is 11.4. The van der Waals surface area contributed by atoms with Gasteiger partial charge in [-0.3, -0.25) is 4.79 Å². The molecule has 6 nitrogen and oxygen atoms in total. The van der Waals surface area contributed by atoms with E-state index in [-0.39, 0.29) is 41.2 Å². The highest BCUT2D eigenvalue weighted by Crippen LogP contribution is 2.38. The Morgan fingerprint density at radius 1 is 0.973 bits per heavy atom. The van der Waals surface area contributed by atoms with Crippen LogP contribution in [0.5, 0.6) is 17.2 Å². The minimum atomic E-state index is -5.01. The molecule has 0 atom stereocenters. The molecule has 0 aliphatic heterocycles. The van der Waals surface area contributed by atoms with Crippen LogP contribution in [-0.2, 0) is 17.5 Å². The van der Waals surface area contributed by atoms with E-state index in [1.54, 1.807) is 0 Å². The lowest BCUT2D eigenvalue weighted by Gasteiger charge is -2.14. The highest BCUT2D eigenvalue weighted by atomic mass is 79.9. The summed E-state index contributed by atoms with van der Waals surface area (Å²) >= 11 is 3.34. The van der Waals surface area contributed by atoms with Crippen LogP contribution in [-0.4, -0.2) is 12.6 Å². The first-order valence-electron chi connectivity index (χ1n) is 11.2. The average Bonchev–Trinajstić information content (AvgIpc) is 2.88. The Morgan fingerprint density at radius 3 is 2.30 bits per heavy atom. The monoisotopic (exact) mass is 576 g/mol. The fraction of sp³-hybridized carbons (Fsp3) is 0.185. The van der Waals surface area contributed by atoms with E-state index in [0.29, 0.717) is 6.42 Å². The van der Waals surface area contributed by atoms with Gasteiger partial charge in [0, 0.05) is 10.5 Å². The number of hydrogen-bond donors (Lipinski definition) is 0. The molecule has 0 amide bonds. The largest absolute Gasteiger partial charge is 0.489 e. The number of carbonyl (C=O) groups is 1. The van der Waals surface area contributed by atoms with Crippen LogP contribution in [0.3, 0.4) is 0 Å². The fourth-order valence-electron chi connectivity index (χ4n) is 3.33. The van der Waals surface area contributed by atoms with Crippen molar-refractivity contribution in [2.45, 2.75) is 26.1 Å². The number of carbonyl (C=O) groups excluding carboxylic acids is 1. The zero-order chi connectivity index (χ0) is 26.6. The van der Waals surface area contributed by atoms with E-state index in [4.69, 9.17) is 18.6 Å². The van der Waals surface area contributed by atoms with Gasteiger partial charge in [0.1, 0.15) is 23.7 Å². The van der Waals surface area contributed by atoms with Gasteiger partial charge in [-0.15, -0.1) is 0 Å². The molecule has 3 aromatic carbocycles. The van der Waals surface area contributed by atoms with Crippen LogP contribution in [0.15, 0.2) is 80.4 Å². The van der Waals surface area contributed by atoms with Crippen molar-refractivity contribution in [2.24, 2.45) is 0 Å². The Balaban J connectivity index is 1.63. The van der Waals surface area contributed by atoms with Crippen molar-refractivity contribution in [1.29, 1.82) is 0 Å². The van der Waals surface area contributed by atoms with Crippen molar-refractivity contribution in [3.05, 3.63) is 98.3 Å². The summed E-state index contributed by atoms with van der Waals surface area (Å²) in [7, 11) is 0. The Hall–Kier alpha value is -3.79.